The van der Waals surface area contributed by atoms with Gasteiger partial charge < -0.3 is 23.7 Å². The molecule has 2 heterocycles. The minimum atomic E-state index is 0.203. The zero-order valence-electron chi connectivity index (χ0n) is 10.3. The topological polar surface area (TPSA) is 52.8 Å². The first-order valence-corrected chi connectivity index (χ1v) is 6.02. The maximum atomic E-state index is 5.72. The Bertz CT molecular complexity index is 412. The third kappa shape index (κ3) is 2.86. The van der Waals surface area contributed by atoms with Crippen molar-refractivity contribution in [2.45, 2.75) is 12.2 Å². The summed E-state index contributed by atoms with van der Waals surface area (Å²) in [6.45, 7) is 2.61. The molecule has 3 rings (SSSR count). The second kappa shape index (κ2) is 5.04. The van der Waals surface area contributed by atoms with Gasteiger partial charge in [0.1, 0.15) is 25.4 Å². The van der Waals surface area contributed by atoms with E-state index in [1.165, 1.54) is 0 Å². The van der Waals surface area contributed by atoms with Gasteiger partial charge >= 0.3 is 0 Å². The van der Waals surface area contributed by atoms with E-state index in [0.29, 0.717) is 30.5 Å². The number of methoxy groups -OCH3 is 1. The zero-order valence-corrected chi connectivity index (χ0v) is 10.3. The Morgan fingerprint density at radius 1 is 1.06 bits per heavy atom. The smallest absolute Gasteiger partial charge is 0.203 e. The Morgan fingerprint density at radius 3 is 2.28 bits per heavy atom. The first-order valence-electron chi connectivity index (χ1n) is 6.02. The van der Waals surface area contributed by atoms with E-state index in [-0.39, 0.29) is 12.2 Å². The first kappa shape index (κ1) is 11.6. The normalized spacial score (nSPS) is 24.5. The van der Waals surface area contributed by atoms with Gasteiger partial charge in [-0.25, -0.2) is 0 Å². The minimum absolute atomic E-state index is 0.203. The monoisotopic (exact) mass is 252 g/mol. The van der Waals surface area contributed by atoms with Gasteiger partial charge in [0.25, 0.3) is 0 Å². The quantitative estimate of drug-likeness (QED) is 0.684. The lowest BCUT2D eigenvalue weighted by atomic mass is 10.3. The van der Waals surface area contributed by atoms with Gasteiger partial charge in [-0.3, -0.25) is 0 Å². The van der Waals surface area contributed by atoms with Crippen molar-refractivity contribution in [3.05, 3.63) is 18.2 Å². The fourth-order valence-corrected chi connectivity index (χ4v) is 1.60. The highest BCUT2D eigenvalue weighted by molar-refractivity contribution is 5.51. The van der Waals surface area contributed by atoms with Crippen LogP contribution in [-0.4, -0.2) is 45.7 Å². The molecule has 2 aliphatic rings. The van der Waals surface area contributed by atoms with Crippen LogP contribution < -0.4 is 14.2 Å². The molecule has 18 heavy (non-hydrogen) atoms. The third-order valence-electron chi connectivity index (χ3n) is 2.81. The van der Waals surface area contributed by atoms with Gasteiger partial charge in [-0.1, -0.05) is 6.07 Å². The molecule has 1 aromatic rings. The van der Waals surface area contributed by atoms with E-state index in [4.69, 9.17) is 23.7 Å². The van der Waals surface area contributed by atoms with Crippen molar-refractivity contribution >= 4 is 0 Å². The molecule has 2 aliphatic heterocycles. The second-order valence-corrected chi connectivity index (χ2v) is 4.32. The van der Waals surface area contributed by atoms with Crippen molar-refractivity contribution in [1.29, 1.82) is 0 Å². The molecule has 2 fully saturated rings. The standard InChI is InChI=1S/C13H16O5/c1-14-11-3-2-4-12(17-7-9-5-15-9)13(11)18-8-10-6-16-10/h2-4,9-10H,5-8H2,1H3. The molecule has 0 aliphatic carbocycles. The molecule has 2 unspecified atom stereocenters. The molecular formula is C13H16O5. The summed E-state index contributed by atoms with van der Waals surface area (Å²) in [5, 5.41) is 0. The van der Waals surface area contributed by atoms with E-state index in [1.807, 2.05) is 18.2 Å². The van der Waals surface area contributed by atoms with Crippen LogP contribution in [0, 0.1) is 0 Å². The Morgan fingerprint density at radius 2 is 1.67 bits per heavy atom. The van der Waals surface area contributed by atoms with E-state index in [2.05, 4.69) is 0 Å². The van der Waals surface area contributed by atoms with Crippen LogP contribution in [0.3, 0.4) is 0 Å². The average Bonchev–Trinajstić information content (AvgIpc) is 3.28. The van der Waals surface area contributed by atoms with Gasteiger partial charge in [0.2, 0.25) is 5.75 Å². The summed E-state index contributed by atoms with van der Waals surface area (Å²) >= 11 is 0. The minimum Gasteiger partial charge on any atom is -0.493 e. The Labute approximate surface area is 106 Å². The van der Waals surface area contributed by atoms with Crippen LogP contribution in [0.15, 0.2) is 18.2 Å². The van der Waals surface area contributed by atoms with Crippen molar-refractivity contribution in [3.63, 3.8) is 0 Å². The number of benzene rings is 1. The number of para-hydroxylation sites is 1. The van der Waals surface area contributed by atoms with Crippen molar-refractivity contribution in [2.75, 3.05) is 33.5 Å². The fraction of sp³-hybridized carbons (Fsp3) is 0.538. The SMILES string of the molecule is COc1cccc(OCC2CO2)c1OCC1CO1. The van der Waals surface area contributed by atoms with Gasteiger partial charge in [-0.15, -0.1) is 0 Å². The largest absolute Gasteiger partial charge is 0.493 e. The van der Waals surface area contributed by atoms with Gasteiger partial charge in [-0.05, 0) is 12.1 Å². The highest BCUT2D eigenvalue weighted by atomic mass is 16.6. The van der Waals surface area contributed by atoms with Crippen molar-refractivity contribution in [3.8, 4) is 17.2 Å². The molecule has 0 aromatic heterocycles. The molecule has 98 valence electrons. The highest BCUT2D eigenvalue weighted by Gasteiger charge is 2.26. The molecule has 0 amide bonds. The van der Waals surface area contributed by atoms with Crippen molar-refractivity contribution < 1.29 is 23.7 Å². The molecule has 2 saturated heterocycles. The van der Waals surface area contributed by atoms with Crippen LogP contribution in [0.4, 0.5) is 0 Å². The summed E-state index contributed by atoms with van der Waals surface area (Å²) in [5.41, 5.74) is 0. The second-order valence-electron chi connectivity index (χ2n) is 4.32. The summed E-state index contributed by atoms with van der Waals surface area (Å²) in [7, 11) is 1.61. The fourth-order valence-electron chi connectivity index (χ4n) is 1.60. The third-order valence-corrected chi connectivity index (χ3v) is 2.81. The van der Waals surface area contributed by atoms with E-state index < -0.39 is 0 Å². The Hall–Kier alpha value is -1.46. The number of epoxide rings is 2. The Balaban J connectivity index is 1.70. The predicted octanol–water partition coefficient (Wildman–Crippen LogP) is 1.25. The van der Waals surface area contributed by atoms with E-state index in [1.54, 1.807) is 7.11 Å². The summed E-state index contributed by atoms with van der Waals surface area (Å²) in [5.74, 6) is 1.99. The van der Waals surface area contributed by atoms with Crippen LogP contribution in [0.1, 0.15) is 0 Å². The lowest BCUT2D eigenvalue weighted by molar-refractivity contribution is 0.220. The number of rotatable bonds is 7. The lowest BCUT2D eigenvalue weighted by Gasteiger charge is -2.14. The van der Waals surface area contributed by atoms with Gasteiger partial charge in [0, 0.05) is 0 Å². The summed E-state index contributed by atoms with van der Waals surface area (Å²) in [4.78, 5) is 0. The molecule has 0 N–H and O–H groups in total. The van der Waals surface area contributed by atoms with Crippen molar-refractivity contribution in [1.82, 2.24) is 0 Å². The predicted molar refractivity (Wildman–Crippen MR) is 63.5 cm³/mol. The summed E-state index contributed by atoms with van der Waals surface area (Å²) < 4.78 is 26.9. The van der Waals surface area contributed by atoms with Crippen LogP contribution in [0.25, 0.3) is 0 Å². The van der Waals surface area contributed by atoms with Crippen molar-refractivity contribution in [2.24, 2.45) is 0 Å². The van der Waals surface area contributed by atoms with E-state index in [9.17, 15) is 0 Å². The Kier molecular flexibility index (Phi) is 3.25. The van der Waals surface area contributed by atoms with Crippen LogP contribution in [0.5, 0.6) is 17.2 Å². The van der Waals surface area contributed by atoms with Gasteiger partial charge in [0.15, 0.2) is 11.5 Å². The van der Waals surface area contributed by atoms with Gasteiger partial charge in [0.05, 0.1) is 20.3 Å². The highest BCUT2D eigenvalue weighted by Crippen LogP contribution is 2.37. The van der Waals surface area contributed by atoms with E-state index >= 15 is 0 Å². The molecule has 1 aromatic carbocycles. The molecular weight excluding hydrogens is 236 g/mol. The maximum Gasteiger partial charge on any atom is 0.203 e. The average molecular weight is 252 g/mol. The lowest BCUT2D eigenvalue weighted by Crippen LogP contribution is -2.09. The maximum absolute atomic E-state index is 5.72. The van der Waals surface area contributed by atoms with Crippen LogP contribution in [-0.2, 0) is 9.47 Å². The van der Waals surface area contributed by atoms with E-state index in [0.717, 1.165) is 13.2 Å². The first-order chi connectivity index (χ1) is 8.86. The molecule has 0 saturated carbocycles. The van der Waals surface area contributed by atoms with Crippen LogP contribution in [0.2, 0.25) is 0 Å². The summed E-state index contributed by atoms with van der Waals surface area (Å²) in [6.07, 6.45) is 0.422. The number of hydrogen-bond donors (Lipinski definition) is 0. The molecule has 2 atom stereocenters. The number of ether oxygens (including phenoxy) is 5. The van der Waals surface area contributed by atoms with Crippen LogP contribution >= 0.6 is 0 Å². The molecule has 0 radical (unpaired) electrons. The zero-order chi connectivity index (χ0) is 12.4. The molecule has 0 bridgehead atoms. The number of hydrogen-bond acceptors (Lipinski definition) is 5. The summed E-state index contributed by atoms with van der Waals surface area (Å²) in [6, 6.07) is 5.60. The molecule has 5 nitrogen and oxygen atoms in total. The molecule has 0 spiro atoms. The molecule has 5 heteroatoms. The van der Waals surface area contributed by atoms with Gasteiger partial charge in [-0.2, -0.15) is 0 Å².